The van der Waals surface area contributed by atoms with Crippen LogP contribution in [0, 0.1) is 0 Å². The second-order valence-corrected chi connectivity index (χ2v) is 3.00. The van der Waals surface area contributed by atoms with E-state index >= 15 is 0 Å². The van der Waals surface area contributed by atoms with Gasteiger partial charge in [0.15, 0.2) is 0 Å². The molecular weight excluding hydrogens is 256 g/mol. The Balaban J connectivity index is 3.87. The molecule has 0 heterocycles. The summed E-state index contributed by atoms with van der Waals surface area (Å²) in [7, 11) is 0. The summed E-state index contributed by atoms with van der Waals surface area (Å²) in [6.45, 7) is -1.67. The Bertz CT molecular complexity index is 300. The van der Waals surface area contributed by atoms with Crippen LogP contribution in [-0.4, -0.2) is 63.6 Å². The van der Waals surface area contributed by atoms with Crippen LogP contribution < -0.4 is 0 Å². The normalized spacial score (nSPS) is 13.6. The molecule has 0 aromatic rings. The number of ketones is 1. The van der Waals surface area contributed by atoms with Crippen molar-refractivity contribution in [2.24, 2.45) is 0 Å². The molecule has 104 valence electrons. The van der Waals surface area contributed by atoms with Crippen molar-refractivity contribution in [3.05, 3.63) is 0 Å². The van der Waals surface area contributed by atoms with Crippen LogP contribution in [0.5, 0.6) is 0 Å². The van der Waals surface area contributed by atoms with E-state index in [4.69, 9.17) is 20.4 Å². The molecule has 0 rings (SSSR count). The first-order chi connectivity index (χ1) is 8.42. The van der Waals surface area contributed by atoms with Crippen LogP contribution in [0.25, 0.3) is 0 Å². The van der Waals surface area contributed by atoms with Crippen LogP contribution >= 0.6 is 0 Å². The Morgan fingerprint density at radius 2 is 1.61 bits per heavy atom. The van der Waals surface area contributed by atoms with E-state index in [1.165, 1.54) is 0 Å². The fourth-order valence-corrected chi connectivity index (χ4v) is 0.637. The second kappa shape index (κ2) is 8.49. The zero-order valence-corrected chi connectivity index (χ0v) is 9.01. The van der Waals surface area contributed by atoms with Gasteiger partial charge in [-0.05, 0) is 0 Å². The number of hydrogen-bond acceptors (Lipinski definition) is 10. The largest absolute Gasteiger partial charge is 0.415 e. The third-order valence-electron chi connectivity index (χ3n) is 1.53. The SMILES string of the molecule is O=C(CC(O)CO)OOOC(=O)C(=O)C(O)CO. The van der Waals surface area contributed by atoms with E-state index in [0.29, 0.717) is 0 Å². The number of aliphatic hydroxyl groups is 4. The maximum Gasteiger partial charge on any atom is 0.415 e. The number of carbonyl (C=O) groups excluding carboxylic acids is 3. The average Bonchev–Trinajstić information content (AvgIpc) is 2.36. The summed E-state index contributed by atoms with van der Waals surface area (Å²) in [5, 5.41) is 37.9. The molecule has 0 saturated heterocycles. The predicted molar refractivity (Wildman–Crippen MR) is 49.1 cm³/mol. The number of carbonyl (C=O) groups is 3. The van der Waals surface area contributed by atoms with E-state index in [1.807, 2.05) is 0 Å². The molecule has 0 aromatic heterocycles. The molecule has 0 saturated carbocycles. The minimum atomic E-state index is -1.96. The summed E-state index contributed by atoms with van der Waals surface area (Å²) in [5.41, 5.74) is 0. The van der Waals surface area contributed by atoms with E-state index in [2.05, 4.69) is 14.8 Å². The number of rotatable bonds is 8. The van der Waals surface area contributed by atoms with Gasteiger partial charge in [0.2, 0.25) is 0 Å². The molecule has 18 heavy (non-hydrogen) atoms. The van der Waals surface area contributed by atoms with Crippen molar-refractivity contribution in [1.82, 2.24) is 0 Å². The summed E-state index contributed by atoms with van der Waals surface area (Å²) in [6, 6.07) is 0. The van der Waals surface area contributed by atoms with Gasteiger partial charge >= 0.3 is 11.9 Å². The van der Waals surface area contributed by atoms with Crippen molar-refractivity contribution in [2.45, 2.75) is 18.6 Å². The smallest absolute Gasteiger partial charge is 0.394 e. The minimum absolute atomic E-state index is 0.624. The molecule has 2 unspecified atom stereocenters. The van der Waals surface area contributed by atoms with Crippen molar-refractivity contribution in [2.75, 3.05) is 13.2 Å². The zero-order valence-electron chi connectivity index (χ0n) is 9.01. The second-order valence-electron chi connectivity index (χ2n) is 3.00. The Labute approximate surface area is 100 Å². The molecule has 0 aliphatic carbocycles. The molecule has 0 radical (unpaired) electrons. The molecule has 0 fully saturated rings. The van der Waals surface area contributed by atoms with Gasteiger partial charge in [0, 0.05) is 5.04 Å². The summed E-state index contributed by atoms with van der Waals surface area (Å²) < 4.78 is 0. The Morgan fingerprint density at radius 1 is 1.00 bits per heavy atom. The van der Waals surface area contributed by atoms with Crippen LogP contribution in [-0.2, 0) is 29.2 Å². The molecule has 0 bridgehead atoms. The van der Waals surface area contributed by atoms with Crippen molar-refractivity contribution in [3.8, 4) is 0 Å². The summed E-state index contributed by atoms with van der Waals surface area (Å²) >= 11 is 0. The quantitative estimate of drug-likeness (QED) is 0.198. The van der Waals surface area contributed by atoms with Crippen LogP contribution in [0.1, 0.15) is 6.42 Å². The van der Waals surface area contributed by atoms with Crippen molar-refractivity contribution in [3.63, 3.8) is 0 Å². The minimum Gasteiger partial charge on any atom is -0.394 e. The highest BCUT2D eigenvalue weighted by atomic mass is 17.5. The average molecular weight is 268 g/mol. The van der Waals surface area contributed by atoms with Gasteiger partial charge in [-0.2, -0.15) is 0 Å². The molecule has 10 nitrogen and oxygen atoms in total. The monoisotopic (exact) mass is 268 g/mol. The van der Waals surface area contributed by atoms with Crippen LogP contribution in [0.3, 0.4) is 0 Å². The molecule has 0 amide bonds. The Morgan fingerprint density at radius 3 is 2.11 bits per heavy atom. The summed E-state index contributed by atoms with van der Waals surface area (Å²) in [5.74, 6) is -4.35. The van der Waals surface area contributed by atoms with Crippen molar-refractivity contribution >= 4 is 17.7 Å². The number of aliphatic hydroxyl groups excluding tert-OH is 4. The van der Waals surface area contributed by atoms with E-state index in [1.54, 1.807) is 0 Å². The van der Waals surface area contributed by atoms with Crippen LogP contribution in [0.4, 0.5) is 0 Å². The van der Waals surface area contributed by atoms with Crippen LogP contribution in [0.15, 0.2) is 0 Å². The summed E-state index contributed by atoms with van der Waals surface area (Å²) in [4.78, 5) is 39.8. The lowest BCUT2D eigenvalue weighted by molar-refractivity contribution is -0.457. The Hall–Kier alpha value is -1.59. The molecule has 0 spiro atoms. The maximum atomic E-state index is 10.8. The molecule has 2 atom stereocenters. The summed E-state index contributed by atoms with van der Waals surface area (Å²) in [6.07, 6.45) is -3.95. The maximum absolute atomic E-state index is 10.8. The molecule has 4 N–H and O–H groups in total. The van der Waals surface area contributed by atoms with Crippen LogP contribution in [0.2, 0.25) is 0 Å². The van der Waals surface area contributed by atoms with E-state index in [0.717, 1.165) is 0 Å². The van der Waals surface area contributed by atoms with Gasteiger partial charge in [0.25, 0.3) is 5.78 Å². The first-order valence-corrected chi connectivity index (χ1v) is 4.62. The van der Waals surface area contributed by atoms with Gasteiger partial charge in [-0.1, -0.05) is 0 Å². The fraction of sp³-hybridized carbons (Fsp3) is 0.625. The standard InChI is InChI=1S/C8H12O10/c9-2-4(11)1-6(13)16-18-17-8(15)7(14)5(12)3-10/h4-5,9-12H,1-3H2. The van der Waals surface area contributed by atoms with E-state index in [-0.39, 0.29) is 0 Å². The Kier molecular flexibility index (Phi) is 7.74. The highest BCUT2D eigenvalue weighted by Crippen LogP contribution is 1.96. The van der Waals surface area contributed by atoms with Gasteiger partial charge < -0.3 is 20.4 Å². The van der Waals surface area contributed by atoms with Gasteiger partial charge in [-0.25, -0.2) is 9.59 Å². The first kappa shape index (κ1) is 16.4. The van der Waals surface area contributed by atoms with Gasteiger partial charge in [0.05, 0.1) is 25.7 Å². The highest BCUT2D eigenvalue weighted by molar-refractivity contribution is 6.35. The third kappa shape index (κ3) is 6.22. The molecule has 0 aliphatic heterocycles. The zero-order chi connectivity index (χ0) is 14.1. The van der Waals surface area contributed by atoms with Gasteiger partial charge in [0.1, 0.15) is 6.10 Å². The molecule has 0 aliphatic rings. The highest BCUT2D eigenvalue weighted by Gasteiger charge is 2.26. The predicted octanol–water partition coefficient (Wildman–Crippen LogP) is -3.41. The first-order valence-electron chi connectivity index (χ1n) is 4.62. The van der Waals surface area contributed by atoms with E-state index < -0.39 is 49.6 Å². The number of hydrogen-bond donors (Lipinski definition) is 4. The van der Waals surface area contributed by atoms with Crippen molar-refractivity contribution in [1.29, 1.82) is 0 Å². The van der Waals surface area contributed by atoms with E-state index in [9.17, 15) is 14.4 Å². The van der Waals surface area contributed by atoms with Gasteiger partial charge in [-0.3, -0.25) is 14.6 Å². The lowest BCUT2D eigenvalue weighted by Gasteiger charge is -2.06. The lowest BCUT2D eigenvalue weighted by Crippen LogP contribution is -2.33. The lowest BCUT2D eigenvalue weighted by atomic mass is 10.2. The van der Waals surface area contributed by atoms with Crippen molar-refractivity contribution < 1.29 is 49.6 Å². The third-order valence-corrected chi connectivity index (χ3v) is 1.53. The topological polar surface area (TPSA) is 160 Å². The number of Topliss-reactive ketones (excluding diaryl/α,β-unsaturated/α-hetero) is 1. The molecular formula is C8H12O10. The fourth-order valence-electron chi connectivity index (χ4n) is 0.637. The van der Waals surface area contributed by atoms with Gasteiger partial charge in [-0.15, -0.1) is 0 Å². The molecule has 10 heteroatoms. The molecule has 0 aromatic carbocycles.